The van der Waals surface area contributed by atoms with Crippen LogP contribution in [0.1, 0.15) is 117 Å². The molecule has 3 aliphatic carbocycles. The molecule has 3 aliphatic rings. The lowest BCUT2D eigenvalue weighted by molar-refractivity contribution is -0.00696. The summed E-state index contributed by atoms with van der Waals surface area (Å²) in [6.45, 7) is 5.41. The van der Waals surface area contributed by atoms with Gasteiger partial charge in [-0.3, -0.25) is 0 Å². The third kappa shape index (κ3) is 5.53. The minimum atomic E-state index is -0.00937. The molecule has 0 aromatic rings. The van der Waals surface area contributed by atoms with E-state index in [1.807, 2.05) is 0 Å². The molecule has 0 heterocycles. The Labute approximate surface area is 174 Å². The maximum atomic E-state index is 10.1. The molecule has 0 radical (unpaired) electrons. The molecule has 0 aromatic heterocycles. The van der Waals surface area contributed by atoms with Crippen molar-refractivity contribution in [3.63, 3.8) is 0 Å². The van der Waals surface area contributed by atoms with Crippen LogP contribution in [0.15, 0.2) is 0 Å². The maximum absolute atomic E-state index is 10.1. The molecule has 0 saturated heterocycles. The van der Waals surface area contributed by atoms with Crippen LogP contribution < -0.4 is 0 Å². The van der Waals surface area contributed by atoms with Gasteiger partial charge in [-0.1, -0.05) is 46.0 Å². The zero-order valence-corrected chi connectivity index (χ0v) is 18.8. The largest absolute Gasteiger partial charge is 0.378 e. The van der Waals surface area contributed by atoms with Gasteiger partial charge in [0.05, 0.1) is 17.6 Å². The summed E-state index contributed by atoms with van der Waals surface area (Å²) in [7, 11) is 0. The van der Waals surface area contributed by atoms with Crippen molar-refractivity contribution in [3.8, 4) is 6.07 Å². The Balaban J connectivity index is 1.44. The number of hydrogen-bond donors (Lipinski definition) is 0. The second-order valence-corrected chi connectivity index (χ2v) is 10.4. The SMILES string of the molecule is CCCCC1CCC([C@H]2CC[C@](C#N)(C3CCC(OCCC)CC3)CC2)CC1. The van der Waals surface area contributed by atoms with E-state index < -0.39 is 0 Å². The van der Waals surface area contributed by atoms with E-state index in [1.54, 1.807) is 0 Å². The summed E-state index contributed by atoms with van der Waals surface area (Å²) in [6, 6.07) is 2.86. The first-order chi connectivity index (χ1) is 13.7. The number of hydrogen-bond acceptors (Lipinski definition) is 2. The van der Waals surface area contributed by atoms with E-state index in [1.165, 1.54) is 96.3 Å². The van der Waals surface area contributed by atoms with Gasteiger partial charge in [0, 0.05) is 6.61 Å². The average Bonchev–Trinajstić information content (AvgIpc) is 2.77. The predicted molar refractivity (Wildman–Crippen MR) is 117 cm³/mol. The van der Waals surface area contributed by atoms with E-state index in [4.69, 9.17) is 4.74 Å². The molecule has 2 nitrogen and oxygen atoms in total. The average molecular weight is 388 g/mol. The molecule has 28 heavy (non-hydrogen) atoms. The Bertz CT molecular complexity index is 471. The van der Waals surface area contributed by atoms with Crippen LogP contribution in [0.25, 0.3) is 0 Å². The highest BCUT2D eigenvalue weighted by Gasteiger charge is 2.44. The van der Waals surface area contributed by atoms with E-state index >= 15 is 0 Å². The van der Waals surface area contributed by atoms with Crippen molar-refractivity contribution >= 4 is 0 Å². The van der Waals surface area contributed by atoms with E-state index in [-0.39, 0.29) is 5.41 Å². The number of rotatable bonds is 8. The van der Waals surface area contributed by atoms with Gasteiger partial charge in [0.15, 0.2) is 0 Å². The summed E-state index contributed by atoms with van der Waals surface area (Å²) in [5.74, 6) is 3.53. The first kappa shape index (κ1) is 22.1. The summed E-state index contributed by atoms with van der Waals surface area (Å²) < 4.78 is 5.98. The van der Waals surface area contributed by atoms with E-state index in [2.05, 4.69) is 19.9 Å². The molecular weight excluding hydrogens is 342 g/mol. The first-order valence-corrected chi connectivity index (χ1v) is 12.7. The van der Waals surface area contributed by atoms with Gasteiger partial charge >= 0.3 is 0 Å². The fourth-order valence-electron chi connectivity index (χ4n) is 6.75. The Morgan fingerprint density at radius 2 is 1.46 bits per heavy atom. The fourth-order valence-corrected chi connectivity index (χ4v) is 6.75. The van der Waals surface area contributed by atoms with Gasteiger partial charge in [-0.05, 0) is 94.3 Å². The predicted octanol–water partition coefficient (Wildman–Crippen LogP) is 7.67. The third-order valence-electron chi connectivity index (χ3n) is 8.68. The van der Waals surface area contributed by atoms with Crippen molar-refractivity contribution < 1.29 is 4.74 Å². The lowest BCUT2D eigenvalue weighted by atomic mass is 9.58. The standard InChI is InChI=1S/C26H45NO/c1-3-5-6-21-7-9-22(10-8-21)23-15-17-26(20-27,18-16-23)24-11-13-25(14-12-24)28-19-4-2/h21-25H,3-19H2,1-2H3/t21?,22?,23-,24?,25?,26-. The zero-order chi connectivity index (χ0) is 19.8. The van der Waals surface area contributed by atoms with Crippen LogP contribution in [0.4, 0.5) is 0 Å². The first-order valence-electron chi connectivity index (χ1n) is 12.7. The summed E-state index contributed by atoms with van der Waals surface area (Å²) in [5.41, 5.74) is -0.00937. The van der Waals surface area contributed by atoms with Crippen LogP contribution in [-0.4, -0.2) is 12.7 Å². The van der Waals surface area contributed by atoms with Gasteiger partial charge in [-0.2, -0.15) is 5.26 Å². The Kier molecular flexibility index (Phi) is 8.71. The number of unbranched alkanes of at least 4 members (excludes halogenated alkanes) is 1. The van der Waals surface area contributed by atoms with Crippen molar-refractivity contribution in [1.29, 1.82) is 5.26 Å². The Morgan fingerprint density at radius 3 is 2.04 bits per heavy atom. The summed E-state index contributed by atoms with van der Waals surface area (Å²) in [5, 5.41) is 10.1. The van der Waals surface area contributed by atoms with Crippen LogP contribution >= 0.6 is 0 Å². The molecule has 0 N–H and O–H groups in total. The van der Waals surface area contributed by atoms with Gasteiger partial charge in [-0.25, -0.2) is 0 Å². The quantitative estimate of drug-likeness (QED) is 0.428. The number of nitrogens with zero attached hydrogens (tertiary/aromatic N) is 1. The zero-order valence-electron chi connectivity index (χ0n) is 18.8. The molecule has 2 heteroatoms. The van der Waals surface area contributed by atoms with Crippen LogP contribution in [0.3, 0.4) is 0 Å². The fraction of sp³-hybridized carbons (Fsp3) is 0.962. The maximum Gasteiger partial charge on any atom is 0.0692 e. The highest BCUT2D eigenvalue weighted by Crippen LogP contribution is 2.52. The van der Waals surface area contributed by atoms with Gasteiger partial charge < -0.3 is 4.74 Å². The lowest BCUT2D eigenvalue weighted by Gasteiger charge is -2.45. The van der Waals surface area contributed by atoms with E-state index in [0.29, 0.717) is 12.0 Å². The van der Waals surface area contributed by atoms with Crippen molar-refractivity contribution in [2.75, 3.05) is 6.61 Å². The number of ether oxygens (including phenoxy) is 1. The monoisotopic (exact) mass is 387 g/mol. The molecule has 0 amide bonds. The van der Waals surface area contributed by atoms with E-state index in [9.17, 15) is 5.26 Å². The smallest absolute Gasteiger partial charge is 0.0692 e. The molecule has 160 valence electrons. The Hall–Kier alpha value is -0.550. The van der Waals surface area contributed by atoms with Crippen LogP contribution in [0, 0.1) is 40.4 Å². The molecule has 0 aromatic carbocycles. The van der Waals surface area contributed by atoms with Gasteiger partial charge in [0.1, 0.15) is 0 Å². The van der Waals surface area contributed by atoms with Crippen molar-refractivity contribution in [2.24, 2.45) is 29.1 Å². The van der Waals surface area contributed by atoms with Gasteiger partial charge in [0.2, 0.25) is 0 Å². The summed E-state index contributed by atoms with van der Waals surface area (Å²) in [4.78, 5) is 0. The summed E-state index contributed by atoms with van der Waals surface area (Å²) >= 11 is 0. The highest BCUT2D eigenvalue weighted by atomic mass is 16.5. The minimum absolute atomic E-state index is 0.00937. The van der Waals surface area contributed by atoms with Crippen LogP contribution in [0.2, 0.25) is 0 Å². The van der Waals surface area contributed by atoms with Crippen molar-refractivity contribution in [3.05, 3.63) is 0 Å². The number of nitriles is 1. The molecule has 0 atom stereocenters. The molecular formula is C26H45NO. The van der Waals surface area contributed by atoms with Crippen LogP contribution in [0.5, 0.6) is 0 Å². The molecule has 0 spiro atoms. The third-order valence-corrected chi connectivity index (χ3v) is 8.68. The molecule has 0 unspecified atom stereocenters. The van der Waals surface area contributed by atoms with Crippen LogP contribution in [-0.2, 0) is 4.74 Å². The van der Waals surface area contributed by atoms with Crippen molar-refractivity contribution in [2.45, 2.75) is 123 Å². The normalized spacial score (nSPS) is 39.4. The molecule has 3 saturated carbocycles. The highest BCUT2D eigenvalue weighted by molar-refractivity contribution is 5.06. The second kappa shape index (κ2) is 11.0. The minimum Gasteiger partial charge on any atom is -0.378 e. The second-order valence-electron chi connectivity index (χ2n) is 10.4. The van der Waals surface area contributed by atoms with E-state index in [0.717, 1.165) is 30.8 Å². The van der Waals surface area contributed by atoms with Gasteiger partial charge in [0.25, 0.3) is 0 Å². The van der Waals surface area contributed by atoms with Crippen molar-refractivity contribution in [1.82, 2.24) is 0 Å². The topological polar surface area (TPSA) is 33.0 Å². The molecule has 0 bridgehead atoms. The lowest BCUT2D eigenvalue weighted by Crippen LogP contribution is -2.38. The molecule has 0 aliphatic heterocycles. The molecule has 3 fully saturated rings. The van der Waals surface area contributed by atoms with Gasteiger partial charge in [-0.15, -0.1) is 0 Å². The molecule has 3 rings (SSSR count). The summed E-state index contributed by atoms with van der Waals surface area (Å²) in [6.07, 6.45) is 21.5. The Morgan fingerprint density at radius 1 is 0.821 bits per heavy atom.